The number of rotatable bonds is 5. The fourth-order valence-corrected chi connectivity index (χ4v) is 7.22. The zero-order valence-corrected chi connectivity index (χ0v) is 21.0. The summed E-state index contributed by atoms with van der Waals surface area (Å²) in [6.07, 6.45) is 0. The second-order valence-corrected chi connectivity index (χ2v) is 11.3. The molecular formula is C27H26N2OS3. The zero-order valence-electron chi connectivity index (χ0n) is 18.5. The molecule has 3 nitrogen and oxygen atoms in total. The van der Waals surface area contributed by atoms with E-state index in [1.54, 1.807) is 20.7 Å². The molecule has 1 aliphatic heterocycles. The van der Waals surface area contributed by atoms with Gasteiger partial charge in [0.25, 0.3) is 0 Å². The van der Waals surface area contributed by atoms with Crippen LogP contribution in [0.15, 0.2) is 72.8 Å². The van der Waals surface area contributed by atoms with E-state index in [2.05, 4.69) is 77.4 Å². The van der Waals surface area contributed by atoms with Crippen LogP contribution in [0.1, 0.15) is 11.1 Å². The Hall–Kier alpha value is -2.51. The highest BCUT2D eigenvalue weighted by Crippen LogP contribution is 2.42. The van der Waals surface area contributed by atoms with Crippen molar-refractivity contribution in [1.29, 1.82) is 0 Å². The number of hydrogen-bond acceptors (Lipinski definition) is 6. The smallest absolute Gasteiger partial charge is 0.120 e. The fraction of sp³-hybridized carbons (Fsp3) is 0.222. The molecule has 4 aromatic rings. The number of para-hydroxylation sites is 1. The van der Waals surface area contributed by atoms with Gasteiger partial charge >= 0.3 is 0 Å². The van der Waals surface area contributed by atoms with Crippen LogP contribution in [0.4, 0.5) is 5.69 Å². The molecule has 0 amide bonds. The summed E-state index contributed by atoms with van der Waals surface area (Å²) in [4.78, 5) is 6.04. The van der Waals surface area contributed by atoms with E-state index in [1.807, 2.05) is 12.1 Å². The molecule has 1 aliphatic rings. The summed E-state index contributed by atoms with van der Waals surface area (Å²) in [5, 5.41) is 10.6. The summed E-state index contributed by atoms with van der Waals surface area (Å²) < 4.78 is 0.922. The van der Waals surface area contributed by atoms with Crippen molar-refractivity contribution >= 4 is 38.6 Å². The molecule has 0 bridgehead atoms. The van der Waals surface area contributed by atoms with Crippen molar-refractivity contribution in [3.05, 3.63) is 87.7 Å². The first-order valence-electron chi connectivity index (χ1n) is 11.1. The molecule has 33 heavy (non-hydrogen) atoms. The van der Waals surface area contributed by atoms with Gasteiger partial charge in [-0.1, -0.05) is 80.9 Å². The summed E-state index contributed by atoms with van der Waals surface area (Å²) in [6.45, 7) is 6.79. The molecule has 1 aromatic heterocycles. The number of phenols is 1. The number of hydrogen-bond donors (Lipinski definition) is 1. The van der Waals surface area contributed by atoms with Crippen molar-refractivity contribution < 1.29 is 5.11 Å². The molecule has 1 fully saturated rings. The fourth-order valence-electron chi connectivity index (χ4n) is 4.31. The molecule has 1 N–H and O–H groups in total. The number of aromatic hydroxyl groups is 1. The number of benzene rings is 3. The van der Waals surface area contributed by atoms with E-state index in [0.717, 1.165) is 58.8 Å². The van der Waals surface area contributed by atoms with Crippen LogP contribution < -0.4 is 4.90 Å². The van der Waals surface area contributed by atoms with Crippen molar-refractivity contribution in [1.82, 2.24) is 4.90 Å². The van der Waals surface area contributed by atoms with Gasteiger partial charge < -0.3 is 10.0 Å². The van der Waals surface area contributed by atoms with Gasteiger partial charge in [0.1, 0.15) is 9.57 Å². The highest BCUT2D eigenvalue weighted by atomic mass is 32.9. The molecule has 3 aromatic carbocycles. The van der Waals surface area contributed by atoms with E-state index < -0.39 is 0 Å². The minimum atomic E-state index is 0.361. The SMILES string of the molecule is Cc1ccc(-c2c(-c3ccc(O)c(CN4CCN(c5ccccc5)CC4)c3)ssc2=S)cc1. The molecule has 168 valence electrons. The quantitative estimate of drug-likeness (QED) is 0.236. The molecule has 0 aliphatic carbocycles. The van der Waals surface area contributed by atoms with Crippen molar-refractivity contribution in [2.45, 2.75) is 13.5 Å². The van der Waals surface area contributed by atoms with Crippen molar-refractivity contribution in [3.63, 3.8) is 0 Å². The van der Waals surface area contributed by atoms with E-state index in [0.29, 0.717) is 5.75 Å². The van der Waals surface area contributed by atoms with Gasteiger partial charge in [-0.05, 0) is 48.4 Å². The maximum Gasteiger partial charge on any atom is 0.120 e. The maximum atomic E-state index is 10.6. The first-order chi connectivity index (χ1) is 16.1. The second-order valence-electron chi connectivity index (χ2n) is 8.47. The summed E-state index contributed by atoms with van der Waals surface area (Å²) >= 11 is 5.70. The van der Waals surface area contributed by atoms with Crippen molar-refractivity contribution in [2.24, 2.45) is 0 Å². The van der Waals surface area contributed by atoms with Crippen LogP contribution in [0.25, 0.3) is 21.6 Å². The lowest BCUT2D eigenvalue weighted by Gasteiger charge is -2.36. The molecule has 6 heteroatoms. The number of anilines is 1. The number of nitrogens with zero attached hydrogens (tertiary/aromatic N) is 2. The van der Waals surface area contributed by atoms with Crippen LogP contribution in [-0.2, 0) is 6.54 Å². The van der Waals surface area contributed by atoms with E-state index in [4.69, 9.17) is 12.2 Å². The van der Waals surface area contributed by atoms with E-state index in [1.165, 1.54) is 16.1 Å². The van der Waals surface area contributed by atoms with Gasteiger partial charge in [-0.15, -0.1) is 0 Å². The predicted molar refractivity (Wildman–Crippen MR) is 144 cm³/mol. The third-order valence-electron chi connectivity index (χ3n) is 6.20. The standard InChI is InChI=1S/C27H26N2OS3/c1-19-7-9-20(10-8-19)25-26(32-33-27(25)31)21-11-12-24(30)22(17-21)18-28-13-15-29(16-14-28)23-5-3-2-4-6-23/h2-12,17,30H,13-16,18H2,1H3. The van der Waals surface area contributed by atoms with Crippen LogP contribution >= 0.6 is 32.9 Å². The van der Waals surface area contributed by atoms with Crippen LogP contribution in [0.5, 0.6) is 5.75 Å². The average molecular weight is 491 g/mol. The Morgan fingerprint density at radius 2 is 1.55 bits per heavy atom. The Kier molecular flexibility index (Phi) is 6.60. The summed E-state index contributed by atoms with van der Waals surface area (Å²) in [6, 6.07) is 25.1. The van der Waals surface area contributed by atoms with Gasteiger partial charge in [0.2, 0.25) is 0 Å². The number of aryl methyl sites for hydroxylation is 1. The van der Waals surface area contributed by atoms with Crippen LogP contribution in [0, 0.1) is 10.7 Å². The molecule has 0 saturated carbocycles. The maximum absolute atomic E-state index is 10.6. The van der Waals surface area contributed by atoms with Crippen LogP contribution in [0.3, 0.4) is 0 Å². The predicted octanol–water partition coefficient (Wildman–Crippen LogP) is 7.21. The first kappa shape index (κ1) is 22.3. The molecule has 0 atom stereocenters. The average Bonchev–Trinajstić information content (AvgIpc) is 3.23. The largest absolute Gasteiger partial charge is 0.508 e. The topological polar surface area (TPSA) is 26.7 Å². The number of piperazine rings is 1. The Balaban J connectivity index is 1.36. The molecule has 5 rings (SSSR count). The van der Waals surface area contributed by atoms with Gasteiger partial charge in [0.05, 0.1) is 4.88 Å². The Bertz CT molecular complexity index is 1290. The highest BCUT2D eigenvalue weighted by Gasteiger charge is 2.19. The summed E-state index contributed by atoms with van der Waals surface area (Å²) in [7, 11) is 3.37. The monoisotopic (exact) mass is 490 g/mol. The van der Waals surface area contributed by atoms with E-state index in [-0.39, 0.29) is 0 Å². The molecule has 0 unspecified atom stereocenters. The van der Waals surface area contributed by atoms with Crippen molar-refractivity contribution in [2.75, 3.05) is 31.1 Å². The minimum absolute atomic E-state index is 0.361. The Morgan fingerprint density at radius 1 is 0.848 bits per heavy atom. The number of phenolic OH excluding ortho intramolecular Hbond substituents is 1. The van der Waals surface area contributed by atoms with E-state index >= 15 is 0 Å². The van der Waals surface area contributed by atoms with E-state index in [9.17, 15) is 5.11 Å². The lowest BCUT2D eigenvalue weighted by Crippen LogP contribution is -2.45. The molecule has 0 radical (unpaired) electrons. The molecule has 0 spiro atoms. The van der Waals surface area contributed by atoms with Gasteiger partial charge in [-0.25, -0.2) is 0 Å². The lowest BCUT2D eigenvalue weighted by molar-refractivity contribution is 0.247. The highest BCUT2D eigenvalue weighted by molar-refractivity contribution is 7.80. The Morgan fingerprint density at radius 3 is 2.27 bits per heavy atom. The molecule has 1 saturated heterocycles. The van der Waals surface area contributed by atoms with Gasteiger partial charge in [0, 0.05) is 49.5 Å². The van der Waals surface area contributed by atoms with Crippen LogP contribution in [0.2, 0.25) is 0 Å². The third kappa shape index (κ3) is 4.89. The molecule has 2 heterocycles. The van der Waals surface area contributed by atoms with Gasteiger partial charge in [-0.3, -0.25) is 4.90 Å². The lowest BCUT2D eigenvalue weighted by atomic mass is 10.0. The molecular weight excluding hydrogens is 465 g/mol. The van der Waals surface area contributed by atoms with Crippen molar-refractivity contribution in [3.8, 4) is 27.3 Å². The van der Waals surface area contributed by atoms with Gasteiger partial charge in [0.15, 0.2) is 0 Å². The summed E-state index contributed by atoms with van der Waals surface area (Å²) in [5.74, 6) is 0.361. The van der Waals surface area contributed by atoms with Gasteiger partial charge in [-0.2, -0.15) is 0 Å². The second kappa shape index (κ2) is 9.77. The first-order valence-corrected chi connectivity index (χ1v) is 13.7. The Labute approximate surface area is 207 Å². The van der Waals surface area contributed by atoms with Crippen LogP contribution in [-0.4, -0.2) is 36.2 Å². The normalized spacial score (nSPS) is 14.5. The minimum Gasteiger partial charge on any atom is -0.508 e. The summed E-state index contributed by atoms with van der Waals surface area (Å²) in [5.41, 5.74) is 6.91. The third-order valence-corrected chi connectivity index (χ3v) is 9.27. The zero-order chi connectivity index (χ0) is 22.8.